The first kappa shape index (κ1) is 15.5. The highest BCUT2D eigenvalue weighted by Gasteiger charge is 2.15. The number of methoxy groups -OCH3 is 1. The van der Waals surface area contributed by atoms with E-state index in [9.17, 15) is 9.50 Å². The van der Waals surface area contributed by atoms with Crippen molar-refractivity contribution >= 4 is 31.9 Å². The van der Waals surface area contributed by atoms with E-state index in [2.05, 4.69) is 31.9 Å². The monoisotopic (exact) mass is 402 g/mol. The molecular weight excluding hydrogens is 391 g/mol. The molecule has 0 aromatic heterocycles. The lowest BCUT2D eigenvalue weighted by Crippen LogP contribution is -2.04. The van der Waals surface area contributed by atoms with E-state index in [1.807, 2.05) is 6.07 Å². The maximum Gasteiger partial charge on any atom is 0.125 e. The van der Waals surface area contributed by atoms with Crippen LogP contribution in [0.4, 0.5) is 4.39 Å². The Morgan fingerprint density at radius 2 is 1.90 bits per heavy atom. The number of halogens is 3. The molecule has 0 aliphatic rings. The highest BCUT2D eigenvalue weighted by Crippen LogP contribution is 2.31. The summed E-state index contributed by atoms with van der Waals surface area (Å²) in [5.41, 5.74) is 1.39. The maximum absolute atomic E-state index is 13.3. The van der Waals surface area contributed by atoms with Crippen LogP contribution >= 0.6 is 31.9 Å². The van der Waals surface area contributed by atoms with Crippen molar-refractivity contribution in [2.45, 2.75) is 12.5 Å². The quantitative estimate of drug-likeness (QED) is 0.805. The van der Waals surface area contributed by atoms with Gasteiger partial charge in [0, 0.05) is 20.9 Å². The van der Waals surface area contributed by atoms with Gasteiger partial charge in [0.25, 0.3) is 0 Å². The number of hydrogen-bond acceptors (Lipinski definition) is 2. The van der Waals surface area contributed by atoms with Gasteiger partial charge >= 0.3 is 0 Å². The van der Waals surface area contributed by atoms with Gasteiger partial charge in [-0.25, -0.2) is 4.39 Å². The van der Waals surface area contributed by atoms with E-state index in [1.165, 1.54) is 12.1 Å². The SMILES string of the molecule is COc1cc(Br)ccc1C(O)Cc1cc(F)cc(Br)c1. The van der Waals surface area contributed by atoms with Gasteiger partial charge in [-0.05, 0) is 35.9 Å². The fourth-order valence-corrected chi connectivity index (χ4v) is 2.88. The van der Waals surface area contributed by atoms with Crippen molar-refractivity contribution in [1.82, 2.24) is 0 Å². The van der Waals surface area contributed by atoms with Crippen LogP contribution in [0.15, 0.2) is 45.3 Å². The number of rotatable bonds is 4. The molecule has 0 saturated carbocycles. The van der Waals surface area contributed by atoms with Crippen LogP contribution in [-0.2, 0) is 6.42 Å². The van der Waals surface area contributed by atoms with Gasteiger partial charge in [-0.3, -0.25) is 0 Å². The highest BCUT2D eigenvalue weighted by atomic mass is 79.9. The minimum atomic E-state index is -0.758. The predicted octanol–water partition coefficient (Wildman–Crippen LogP) is 4.64. The summed E-state index contributed by atoms with van der Waals surface area (Å²) < 4.78 is 20.1. The van der Waals surface area contributed by atoms with E-state index in [1.54, 1.807) is 25.3 Å². The Morgan fingerprint density at radius 1 is 1.15 bits per heavy atom. The summed E-state index contributed by atoms with van der Waals surface area (Å²) >= 11 is 6.60. The summed E-state index contributed by atoms with van der Waals surface area (Å²) in [6.07, 6.45) is -0.444. The number of ether oxygens (including phenoxy) is 1. The lowest BCUT2D eigenvalue weighted by molar-refractivity contribution is 0.174. The predicted molar refractivity (Wildman–Crippen MR) is 83.5 cm³/mol. The van der Waals surface area contributed by atoms with Crippen LogP contribution in [0.25, 0.3) is 0 Å². The van der Waals surface area contributed by atoms with Crippen molar-refractivity contribution in [1.29, 1.82) is 0 Å². The lowest BCUT2D eigenvalue weighted by atomic mass is 10.0. The number of hydrogen-bond donors (Lipinski definition) is 1. The van der Waals surface area contributed by atoms with Crippen molar-refractivity contribution in [3.8, 4) is 5.75 Å². The first-order valence-corrected chi connectivity index (χ1v) is 7.54. The second kappa shape index (κ2) is 6.70. The Balaban J connectivity index is 2.25. The van der Waals surface area contributed by atoms with Gasteiger partial charge in [0.2, 0.25) is 0 Å². The molecule has 5 heteroatoms. The molecule has 2 aromatic carbocycles. The number of benzene rings is 2. The molecule has 0 bridgehead atoms. The molecule has 0 spiro atoms. The Morgan fingerprint density at radius 3 is 2.55 bits per heavy atom. The van der Waals surface area contributed by atoms with Gasteiger partial charge in [0.15, 0.2) is 0 Å². The van der Waals surface area contributed by atoms with Crippen LogP contribution in [-0.4, -0.2) is 12.2 Å². The normalized spacial score (nSPS) is 12.2. The van der Waals surface area contributed by atoms with Gasteiger partial charge < -0.3 is 9.84 Å². The van der Waals surface area contributed by atoms with Crippen molar-refractivity contribution in [2.24, 2.45) is 0 Å². The molecule has 2 aromatic rings. The maximum atomic E-state index is 13.3. The second-order valence-corrected chi connectivity index (χ2v) is 6.22. The van der Waals surface area contributed by atoms with Gasteiger partial charge in [0.1, 0.15) is 11.6 Å². The largest absolute Gasteiger partial charge is 0.496 e. The fraction of sp³-hybridized carbons (Fsp3) is 0.200. The summed E-state index contributed by atoms with van der Waals surface area (Å²) in [6.45, 7) is 0. The molecule has 106 valence electrons. The smallest absolute Gasteiger partial charge is 0.125 e. The van der Waals surface area contributed by atoms with Crippen LogP contribution in [0.3, 0.4) is 0 Å². The molecule has 20 heavy (non-hydrogen) atoms. The fourth-order valence-electron chi connectivity index (χ4n) is 2.02. The molecule has 1 unspecified atom stereocenters. The third-order valence-electron chi connectivity index (χ3n) is 2.91. The molecule has 0 radical (unpaired) electrons. The molecule has 0 fully saturated rings. The topological polar surface area (TPSA) is 29.5 Å². The molecule has 2 nitrogen and oxygen atoms in total. The minimum Gasteiger partial charge on any atom is -0.496 e. The van der Waals surface area contributed by atoms with Gasteiger partial charge in [-0.1, -0.05) is 37.9 Å². The molecular formula is C15H13Br2FO2. The van der Waals surface area contributed by atoms with E-state index >= 15 is 0 Å². The summed E-state index contributed by atoms with van der Waals surface area (Å²) in [5.74, 6) is 0.270. The van der Waals surface area contributed by atoms with Crippen LogP contribution in [0.1, 0.15) is 17.2 Å². The van der Waals surface area contributed by atoms with Gasteiger partial charge in [-0.15, -0.1) is 0 Å². The first-order chi connectivity index (χ1) is 9.49. The van der Waals surface area contributed by atoms with E-state index in [0.29, 0.717) is 27.8 Å². The van der Waals surface area contributed by atoms with Crippen molar-refractivity contribution in [3.05, 3.63) is 62.3 Å². The highest BCUT2D eigenvalue weighted by molar-refractivity contribution is 9.10. The zero-order valence-corrected chi connectivity index (χ0v) is 13.9. The molecule has 0 saturated heterocycles. The van der Waals surface area contributed by atoms with E-state index in [-0.39, 0.29) is 5.82 Å². The lowest BCUT2D eigenvalue weighted by Gasteiger charge is -2.15. The first-order valence-electron chi connectivity index (χ1n) is 5.96. The van der Waals surface area contributed by atoms with E-state index in [0.717, 1.165) is 4.47 Å². The van der Waals surface area contributed by atoms with E-state index < -0.39 is 6.10 Å². The average Bonchev–Trinajstić information content (AvgIpc) is 2.37. The molecule has 0 heterocycles. The van der Waals surface area contributed by atoms with E-state index in [4.69, 9.17) is 4.74 Å². The van der Waals surface area contributed by atoms with Crippen molar-refractivity contribution in [2.75, 3.05) is 7.11 Å². The summed E-state index contributed by atoms with van der Waals surface area (Å²) in [7, 11) is 1.55. The molecule has 1 N–H and O–H groups in total. The summed E-state index contributed by atoms with van der Waals surface area (Å²) in [5, 5.41) is 10.3. The van der Waals surface area contributed by atoms with Crippen LogP contribution in [0.5, 0.6) is 5.75 Å². The number of aliphatic hydroxyl groups excluding tert-OH is 1. The molecule has 0 amide bonds. The minimum absolute atomic E-state index is 0.314. The third-order valence-corrected chi connectivity index (χ3v) is 3.86. The Kier molecular flexibility index (Phi) is 5.18. The Hall–Kier alpha value is -0.910. The summed E-state index contributed by atoms with van der Waals surface area (Å²) in [4.78, 5) is 0. The Bertz CT molecular complexity index is 597. The summed E-state index contributed by atoms with van der Waals surface area (Å²) in [6, 6.07) is 10.0. The van der Waals surface area contributed by atoms with Gasteiger partial charge in [-0.2, -0.15) is 0 Å². The van der Waals surface area contributed by atoms with Crippen LogP contribution in [0, 0.1) is 5.82 Å². The zero-order valence-electron chi connectivity index (χ0n) is 10.7. The molecule has 0 aliphatic heterocycles. The molecule has 0 aliphatic carbocycles. The number of aliphatic hydroxyl groups is 1. The third kappa shape index (κ3) is 3.81. The van der Waals surface area contributed by atoms with Crippen molar-refractivity contribution in [3.63, 3.8) is 0 Å². The molecule has 2 rings (SSSR count). The zero-order chi connectivity index (χ0) is 14.7. The van der Waals surface area contributed by atoms with Crippen LogP contribution < -0.4 is 4.74 Å². The van der Waals surface area contributed by atoms with Crippen LogP contribution in [0.2, 0.25) is 0 Å². The average molecular weight is 404 g/mol. The Labute approximate surface area is 133 Å². The molecule has 1 atom stereocenters. The second-order valence-electron chi connectivity index (χ2n) is 4.38. The van der Waals surface area contributed by atoms with Gasteiger partial charge in [0.05, 0.1) is 13.2 Å². The standard InChI is InChI=1S/C15H13Br2FO2/c1-20-15-8-10(16)2-3-13(15)14(19)6-9-4-11(17)7-12(18)5-9/h2-5,7-8,14,19H,6H2,1H3. The van der Waals surface area contributed by atoms with Crippen molar-refractivity contribution < 1.29 is 14.2 Å².